The second kappa shape index (κ2) is 57.1. The van der Waals surface area contributed by atoms with Gasteiger partial charge in [-0.05, 0) is 152 Å². The summed E-state index contributed by atoms with van der Waals surface area (Å²) in [5.41, 5.74) is 8.14. The Hall–Kier alpha value is -9.06. The normalized spacial score (nSPS) is 23.8. The van der Waals surface area contributed by atoms with Crippen LogP contribution in [0.1, 0.15) is 173 Å². The fraction of sp³-hybridized carbons (Fsp3) is 0.533. The second-order valence-corrected chi connectivity index (χ2v) is 30.2. The van der Waals surface area contributed by atoms with Crippen molar-refractivity contribution in [1.29, 1.82) is 10.8 Å². The summed E-state index contributed by atoms with van der Waals surface area (Å²) in [7, 11) is 3.61. The smallest absolute Gasteiger partial charge is 0.335 e. The van der Waals surface area contributed by atoms with Gasteiger partial charge in [-0.2, -0.15) is 0 Å². The number of unbranched alkanes of at least 4 members (excludes halogenated alkanes) is 4. The minimum atomic E-state index is -1.84. The van der Waals surface area contributed by atoms with Gasteiger partial charge in [-0.3, -0.25) is 35.3 Å². The zero-order valence-electron chi connectivity index (χ0n) is 70.5. The van der Waals surface area contributed by atoms with E-state index in [1.54, 1.807) is 85.4 Å². The average Bonchev–Trinajstić information content (AvgIpc) is 0.834. The molecule has 0 aromatic rings. The Morgan fingerprint density at radius 3 is 1.28 bits per heavy atom. The van der Waals surface area contributed by atoms with Crippen molar-refractivity contribution < 1.29 is 93.7 Å². The van der Waals surface area contributed by atoms with Crippen LogP contribution in [0.5, 0.6) is 0 Å². The molecule has 2 aliphatic heterocycles. The molecule has 0 aromatic heterocycles. The van der Waals surface area contributed by atoms with E-state index in [1.807, 2.05) is 89.4 Å². The molecule has 3 rings (SSSR count). The summed E-state index contributed by atoms with van der Waals surface area (Å²) < 4.78 is 23.3. The van der Waals surface area contributed by atoms with Crippen molar-refractivity contribution in [2.24, 2.45) is 41.2 Å². The van der Waals surface area contributed by atoms with Gasteiger partial charge in [0.05, 0.1) is 12.2 Å². The Labute approximate surface area is 687 Å². The molecule has 2 fully saturated rings. The molecule has 644 valence electrons. The Morgan fingerprint density at radius 1 is 0.509 bits per heavy atom. The lowest BCUT2D eigenvalue weighted by molar-refractivity contribution is -0.303. The van der Waals surface area contributed by atoms with Crippen molar-refractivity contribution in [2.75, 3.05) is 27.2 Å². The third kappa shape index (κ3) is 41.2. The maximum atomic E-state index is 12.3. The van der Waals surface area contributed by atoms with Gasteiger partial charge < -0.3 is 85.8 Å². The highest BCUT2D eigenvalue weighted by atomic mass is 16.7. The molecule has 18 unspecified atom stereocenters. The number of aliphatic hydroxyl groups is 7. The third-order valence-corrected chi connectivity index (χ3v) is 19.5. The van der Waals surface area contributed by atoms with E-state index in [0.717, 1.165) is 94.7 Å². The number of nitrogens with one attached hydrogen (secondary N) is 4. The van der Waals surface area contributed by atoms with Gasteiger partial charge in [0.1, 0.15) is 48.1 Å². The van der Waals surface area contributed by atoms with Crippen molar-refractivity contribution >= 4 is 47.2 Å². The molecule has 3 aliphatic rings. The summed E-state index contributed by atoms with van der Waals surface area (Å²) in [5, 5.41) is 112. The molecular formula is C90H135N7O19. The lowest BCUT2D eigenvalue weighted by Crippen LogP contribution is -2.61. The number of aliphatic hydroxyl groups excluding tert-OH is 7. The Balaban J connectivity index is 0.000000799. The van der Waals surface area contributed by atoms with Crippen LogP contribution < -0.4 is 16.4 Å². The highest BCUT2D eigenvalue weighted by Crippen LogP contribution is 2.32. The summed E-state index contributed by atoms with van der Waals surface area (Å²) in [6, 6.07) is 0. The first-order chi connectivity index (χ1) is 54.9. The topological polar surface area (TPSA) is 426 Å². The number of rotatable bonds is 47. The standard InChI is InChI=1S/C48H70N4O11.C42H65N3O8/c1-31(22-16-13-14-21-29-52(7)48(49)50-36(6)53)23-17-15-18-24-32(2)30-35(5)43(62-47-42(58)40(56)41(57)44(63-47)46(60)61)33(3)25-19-11-9-8-10-12-20-26-34(4)45(59)51-39-37(54)27-28-38(39)55;1-29(22-16-13-14-21-27-45(7)42(43)44)23-17-15-18-24-30(2)28-33(5)38(52-41-37(49)35(47)36(48)39(53-41)40(50)51)32(4)26-20-12-10-8-9-11-19-25-31(3)34(6)46/h8-13,16-17,19-20,23,25-26,30-33,40-44,47,54,56-58H,14-15,18,21-22,24,27-29H2,1-7H3,(H,51,59)(H,60,61)(H2,49,50,53);8-13,16-17,19-20,23,25-26,28-30,32,35-39,41,47-49H,14-15,18,21-22,24,27H2,1-7H3,(H3,43,44)(H,50,51)/b10-8+,11-9+,16-13+,20-12+,23-17+,25-19+,34-26+,35-30+;9-8+,12-10+,16-13+,19-11+,23-17+,26-20+,31-25+,33-28+. The highest BCUT2D eigenvalue weighted by molar-refractivity contribution is 6.04. The number of nitrogens with two attached hydrogens (primary N) is 1. The Bertz CT molecular complexity index is 3660. The van der Waals surface area contributed by atoms with Gasteiger partial charge in [0.25, 0.3) is 5.91 Å². The van der Waals surface area contributed by atoms with Crippen LogP contribution in [-0.2, 0) is 47.7 Å². The van der Waals surface area contributed by atoms with E-state index in [2.05, 4.69) is 99.1 Å². The quantitative estimate of drug-likeness (QED) is 0.00672. The predicted molar refractivity (Wildman–Crippen MR) is 455 cm³/mol. The van der Waals surface area contributed by atoms with Crippen LogP contribution in [-0.4, -0.2) is 204 Å². The zero-order valence-corrected chi connectivity index (χ0v) is 70.5. The van der Waals surface area contributed by atoms with E-state index in [4.69, 9.17) is 35.5 Å². The van der Waals surface area contributed by atoms with Crippen molar-refractivity contribution in [2.45, 2.75) is 247 Å². The van der Waals surface area contributed by atoms with Crippen LogP contribution in [0.3, 0.4) is 0 Å². The number of hydrogen-bond acceptors (Lipinski definition) is 19. The molecule has 2 heterocycles. The maximum Gasteiger partial charge on any atom is 0.335 e. The van der Waals surface area contributed by atoms with E-state index >= 15 is 0 Å². The SMILES string of the molecule is CC(=O)/C(C)=C/C=C/C=C/C=C/C=C/C(C)C(OC1OC(C(=O)O)C(O)C(O)C1O)/C(C)=C/C(C)CCC/C=C/C(C)C/C=C/CCCN(C)C(=N)N.CC(=O)NC(=N)N(C)CCC/C=C/CC(C)/C=C/CCCC(C)/C=C(\C)C(OC1OC(C(=O)O)C(O)C(O)C1O)C(C)/C=C/C=C/C=C/C=C/C=C(\C)C(=O)NC1=C(O)CCC1=O. The number of amides is 2. The number of allylic oxidation sites excluding steroid dienone is 29. The van der Waals surface area contributed by atoms with Gasteiger partial charge in [-0.15, -0.1) is 0 Å². The molecule has 0 bridgehead atoms. The average molecular weight is 1620 g/mol. The molecule has 15 N–H and O–H groups in total. The van der Waals surface area contributed by atoms with Gasteiger partial charge in [0.15, 0.2) is 48.3 Å². The van der Waals surface area contributed by atoms with Crippen LogP contribution in [0.25, 0.3) is 0 Å². The molecule has 26 nitrogen and oxygen atoms in total. The summed E-state index contributed by atoms with van der Waals surface area (Å²) in [5.74, 6) is -3.24. The fourth-order valence-electron chi connectivity index (χ4n) is 12.2. The predicted octanol–water partition coefficient (Wildman–Crippen LogP) is 12.2. The number of ketones is 2. The molecule has 116 heavy (non-hydrogen) atoms. The van der Waals surface area contributed by atoms with Crippen molar-refractivity contribution in [1.82, 2.24) is 20.4 Å². The van der Waals surface area contributed by atoms with E-state index in [9.17, 15) is 74.7 Å². The first kappa shape index (κ1) is 103. The number of ether oxygens (including phenoxy) is 4. The molecule has 26 heteroatoms. The molecule has 0 radical (unpaired) electrons. The summed E-state index contributed by atoms with van der Waals surface area (Å²) >= 11 is 0. The molecule has 18 atom stereocenters. The minimum Gasteiger partial charge on any atom is -0.510 e. The first-order valence-corrected chi connectivity index (χ1v) is 40.2. The third-order valence-electron chi connectivity index (χ3n) is 19.5. The summed E-state index contributed by atoms with van der Waals surface area (Å²) in [4.78, 5) is 73.5. The molecule has 1 aliphatic carbocycles. The Morgan fingerprint density at radius 2 is 0.897 bits per heavy atom. The number of nitrogens with zero attached hydrogens (tertiary/aromatic N) is 2. The fourth-order valence-corrected chi connectivity index (χ4v) is 12.2. The van der Waals surface area contributed by atoms with Crippen LogP contribution in [0.2, 0.25) is 0 Å². The van der Waals surface area contributed by atoms with Gasteiger partial charge in [0.2, 0.25) is 5.91 Å². The first-order valence-electron chi connectivity index (χ1n) is 40.2. The molecule has 2 amide bonds. The lowest BCUT2D eigenvalue weighted by Gasteiger charge is -2.40. The van der Waals surface area contributed by atoms with Gasteiger partial charge in [0, 0.05) is 64.4 Å². The van der Waals surface area contributed by atoms with Crippen LogP contribution in [0, 0.1) is 46.3 Å². The monoisotopic (exact) mass is 1620 g/mol. The van der Waals surface area contributed by atoms with Crippen LogP contribution >= 0.6 is 0 Å². The molecular weight excluding hydrogens is 1480 g/mol. The molecule has 2 saturated heterocycles. The molecule has 0 saturated carbocycles. The van der Waals surface area contributed by atoms with Gasteiger partial charge >= 0.3 is 11.9 Å². The van der Waals surface area contributed by atoms with E-state index in [-0.39, 0.29) is 77.4 Å². The lowest BCUT2D eigenvalue weighted by atomic mass is 9.92. The van der Waals surface area contributed by atoms with Crippen molar-refractivity contribution in [3.63, 3.8) is 0 Å². The number of aliphatic carboxylic acids is 2. The number of carboxylic acids is 2. The van der Waals surface area contributed by atoms with E-state index in [1.165, 1.54) is 13.8 Å². The van der Waals surface area contributed by atoms with E-state index in [0.29, 0.717) is 29.5 Å². The molecule has 0 aromatic carbocycles. The van der Waals surface area contributed by atoms with Crippen molar-refractivity contribution in [3.05, 3.63) is 204 Å². The Kier molecular flexibility index (Phi) is 50.7. The van der Waals surface area contributed by atoms with Crippen molar-refractivity contribution in [3.8, 4) is 0 Å². The van der Waals surface area contributed by atoms with Crippen LogP contribution in [0.4, 0.5) is 0 Å². The summed E-state index contributed by atoms with van der Waals surface area (Å²) in [6.45, 7) is 24.0. The van der Waals surface area contributed by atoms with Gasteiger partial charge in [-0.25, -0.2) is 9.59 Å². The summed E-state index contributed by atoms with van der Waals surface area (Å²) in [6.07, 6.45) is 47.4. The number of hydrogen-bond donors (Lipinski definition) is 14. The number of Topliss-reactive ketones (excluding diaryl/α,β-unsaturated/α-hetero) is 2. The number of carboxylic acid groups (broad SMARTS) is 2. The van der Waals surface area contributed by atoms with E-state index < -0.39 is 91.5 Å². The second-order valence-electron chi connectivity index (χ2n) is 30.2. The number of carbonyl (C=O) groups is 6. The number of carbonyl (C=O) groups excluding carboxylic acids is 4. The maximum absolute atomic E-state index is 12.3. The largest absolute Gasteiger partial charge is 0.510 e. The minimum absolute atomic E-state index is 0.0255. The van der Waals surface area contributed by atoms with Gasteiger partial charge in [-0.1, -0.05) is 212 Å². The molecule has 0 spiro atoms. The van der Waals surface area contributed by atoms with Crippen LogP contribution in [0.15, 0.2) is 204 Å². The zero-order chi connectivity index (χ0) is 87.0. The number of guanidine groups is 2. The highest BCUT2D eigenvalue weighted by Gasteiger charge is 2.50.